The Kier molecular flexibility index (Phi) is 3.62. The van der Waals surface area contributed by atoms with Crippen LogP contribution in [0.4, 0.5) is 4.79 Å². The quantitative estimate of drug-likeness (QED) is 0.931. The number of hydrogen-bond acceptors (Lipinski definition) is 3. The zero-order valence-electron chi connectivity index (χ0n) is 11.1. The second-order valence-corrected chi connectivity index (χ2v) is 5.14. The second-order valence-electron chi connectivity index (χ2n) is 4.74. The van der Waals surface area contributed by atoms with Crippen molar-refractivity contribution in [1.29, 1.82) is 5.41 Å². The van der Waals surface area contributed by atoms with Crippen LogP contribution in [0, 0.1) is 5.41 Å². The molecule has 0 radical (unpaired) electrons. The van der Waals surface area contributed by atoms with Crippen LogP contribution in [-0.2, 0) is 11.3 Å². The minimum atomic E-state index is -0.652. The number of amidine groups is 1. The zero-order chi connectivity index (χ0) is 14.8. The van der Waals surface area contributed by atoms with Gasteiger partial charge in [0.15, 0.2) is 11.9 Å². The van der Waals surface area contributed by atoms with Crippen LogP contribution < -0.4 is 0 Å². The molecule has 2 aromatic rings. The maximum atomic E-state index is 12.0. The Morgan fingerprint density at radius 2 is 1.76 bits per heavy atom. The number of halogens is 1. The molecule has 21 heavy (non-hydrogen) atoms. The molecule has 1 aliphatic heterocycles. The van der Waals surface area contributed by atoms with Crippen LogP contribution in [0.3, 0.4) is 0 Å². The van der Waals surface area contributed by atoms with Gasteiger partial charge in [0.25, 0.3) is 0 Å². The van der Waals surface area contributed by atoms with Crippen molar-refractivity contribution in [2.75, 3.05) is 0 Å². The molecule has 5 heteroatoms. The molecule has 2 aromatic carbocycles. The Hall–Kier alpha value is -2.33. The molecule has 106 valence electrons. The van der Waals surface area contributed by atoms with E-state index in [1.165, 1.54) is 4.90 Å². The molecule has 1 unspecified atom stereocenters. The van der Waals surface area contributed by atoms with Crippen LogP contribution in [0.1, 0.15) is 17.2 Å². The number of rotatable bonds is 3. The SMILES string of the molecule is N=C1C(c2ccccc2)OC(=O)N1Cc1ccccc1Cl. The molecule has 1 saturated heterocycles. The van der Waals surface area contributed by atoms with Crippen LogP contribution in [0.2, 0.25) is 5.02 Å². The number of ether oxygens (including phenoxy) is 1. The summed E-state index contributed by atoms with van der Waals surface area (Å²) in [6.45, 7) is 0.237. The van der Waals surface area contributed by atoms with Gasteiger partial charge in [-0.25, -0.2) is 4.79 Å². The Bertz CT molecular complexity index is 688. The lowest BCUT2D eigenvalue weighted by atomic mass is 10.1. The summed E-state index contributed by atoms with van der Waals surface area (Å²) in [5, 5.41) is 8.76. The molecule has 1 heterocycles. The number of carbonyl (C=O) groups excluding carboxylic acids is 1. The van der Waals surface area contributed by atoms with Crippen LogP contribution >= 0.6 is 11.6 Å². The van der Waals surface area contributed by atoms with E-state index in [2.05, 4.69) is 0 Å². The number of nitrogens with zero attached hydrogens (tertiary/aromatic N) is 1. The van der Waals surface area contributed by atoms with Crippen molar-refractivity contribution in [2.24, 2.45) is 0 Å². The third-order valence-corrected chi connectivity index (χ3v) is 3.74. The van der Waals surface area contributed by atoms with Crippen molar-refractivity contribution in [3.8, 4) is 0 Å². The van der Waals surface area contributed by atoms with E-state index in [1.807, 2.05) is 48.5 Å². The molecule has 1 atom stereocenters. The minimum absolute atomic E-state index is 0.131. The Morgan fingerprint density at radius 1 is 1.10 bits per heavy atom. The Morgan fingerprint density at radius 3 is 2.48 bits per heavy atom. The molecular formula is C16H13ClN2O2. The molecule has 0 aliphatic carbocycles. The summed E-state index contributed by atoms with van der Waals surface area (Å²) in [6, 6.07) is 16.5. The fraction of sp³-hybridized carbons (Fsp3) is 0.125. The van der Waals surface area contributed by atoms with E-state index in [9.17, 15) is 4.79 Å². The van der Waals surface area contributed by atoms with Gasteiger partial charge in [-0.2, -0.15) is 0 Å². The van der Waals surface area contributed by atoms with Gasteiger partial charge in [0.2, 0.25) is 0 Å². The summed E-state index contributed by atoms with van der Waals surface area (Å²) >= 11 is 6.10. The Balaban J connectivity index is 1.83. The summed E-state index contributed by atoms with van der Waals surface area (Å²) in [7, 11) is 0. The predicted molar refractivity (Wildman–Crippen MR) is 80.4 cm³/mol. The van der Waals surface area contributed by atoms with Crippen molar-refractivity contribution in [1.82, 2.24) is 4.90 Å². The van der Waals surface area contributed by atoms with Crippen molar-refractivity contribution in [3.05, 3.63) is 70.7 Å². The average molecular weight is 301 g/mol. The summed E-state index contributed by atoms with van der Waals surface area (Å²) in [5.41, 5.74) is 1.58. The lowest BCUT2D eigenvalue weighted by molar-refractivity contribution is 0.133. The van der Waals surface area contributed by atoms with Crippen LogP contribution in [0.25, 0.3) is 0 Å². The highest BCUT2D eigenvalue weighted by molar-refractivity contribution is 6.31. The predicted octanol–water partition coefficient (Wildman–Crippen LogP) is 4.01. The van der Waals surface area contributed by atoms with Crippen molar-refractivity contribution in [2.45, 2.75) is 12.6 Å². The van der Waals surface area contributed by atoms with E-state index in [-0.39, 0.29) is 12.4 Å². The van der Waals surface area contributed by atoms with Crippen molar-refractivity contribution in [3.63, 3.8) is 0 Å². The fourth-order valence-electron chi connectivity index (χ4n) is 2.26. The first-order chi connectivity index (χ1) is 10.2. The van der Waals surface area contributed by atoms with Crippen molar-refractivity contribution < 1.29 is 9.53 Å². The minimum Gasteiger partial charge on any atom is -0.433 e. The monoisotopic (exact) mass is 300 g/mol. The van der Waals surface area contributed by atoms with E-state index in [4.69, 9.17) is 21.7 Å². The van der Waals surface area contributed by atoms with E-state index in [0.717, 1.165) is 11.1 Å². The molecule has 0 saturated carbocycles. The molecule has 0 aromatic heterocycles. The lowest BCUT2D eigenvalue weighted by Crippen LogP contribution is -2.28. The third kappa shape index (κ3) is 2.62. The lowest BCUT2D eigenvalue weighted by Gasteiger charge is -2.14. The van der Waals surface area contributed by atoms with Gasteiger partial charge >= 0.3 is 6.09 Å². The Labute approximate surface area is 127 Å². The summed E-state index contributed by atoms with van der Waals surface area (Å²) < 4.78 is 5.30. The number of cyclic esters (lactones) is 1. The van der Waals surface area contributed by atoms with E-state index < -0.39 is 12.2 Å². The summed E-state index contributed by atoms with van der Waals surface area (Å²) in [5.74, 6) is 0.131. The largest absolute Gasteiger partial charge is 0.433 e. The van der Waals surface area contributed by atoms with Gasteiger partial charge in [-0.3, -0.25) is 10.3 Å². The van der Waals surface area contributed by atoms with Gasteiger partial charge in [0.05, 0.1) is 6.54 Å². The van der Waals surface area contributed by atoms with Crippen molar-refractivity contribution >= 4 is 23.5 Å². The summed E-state index contributed by atoms with van der Waals surface area (Å²) in [6.07, 6.45) is -1.17. The highest BCUT2D eigenvalue weighted by atomic mass is 35.5. The first-order valence-electron chi connectivity index (χ1n) is 6.52. The van der Waals surface area contributed by atoms with Gasteiger partial charge < -0.3 is 4.74 Å². The zero-order valence-corrected chi connectivity index (χ0v) is 11.9. The van der Waals surface area contributed by atoms with E-state index in [1.54, 1.807) is 6.07 Å². The maximum absolute atomic E-state index is 12.0. The topological polar surface area (TPSA) is 53.4 Å². The molecular weight excluding hydrogens is 288 g/mol. The normalized spacial score (nSPS) is 18.0. The molecule has 1 amide bonds. The number of nitrogens with one attached hydrogen (secondary N) is 1. The molecule has 0 spiro atoms. The second kappa shape index (κ2) is 5.58. The number of carbonyl (C=O) groups is 1. The molecule has 0 bridgehead atoms. The standard InChI is InChI=1S/C16H13ClN2O2/c17-13-9-5-4-8-12(13)10-19-15(18)14(21-16(19)20)11-6-2-1-3-7-11/h1-9,14,18H,10H2. The molecule has 3 rings (SSSR count). The smallest absolute Gasteiger partial charge is 0.416 e. The first kappa shape index (κ1) is 13.6. The highest BCUT2D eigenvalue weighted by Crippen LogP contribution is 2.29. The molecule has 1 aliphatic rings. The van der Waals surface area contributed by atoms with Gasteiger partial charge in [-0.15, -0.1) is 0 Å². The average Bonchev–Trinajstić information content (AvgIpc) is 2.78. The van der Waals surface area contributed by atoms with Crippen LogP contribution in [-0.4, -0.2) is 16.8 Å². The van der Waals surface area contributed by atoms with E-state index >= 15 is 0 Å². The third-order valence-electron chi connectivity index (χ3n) is 3.37. The number of benzene rings is 2. The fourth-order valence-corrected chi connectivity index (χ4v) is 2.46. The number of amides is 1. The molecule has 1 N–H and O–H groups in total. The summed E-state index contributed by atoms with van der Waals surface area (Å²) in [4.78, 5) is 13.3. The molecule has 1 fully saturated rings. The first-order valence-corrected chi connectivity index (χ1v) is 6.89. The number of hydrogen-bond donors (Lipinski definition) is 1. The van der Waals surface area contributed by atoms with Crippen LogP contribution in [0.5, 0.6) is 0 Å². The van der Waals surface area contributed by atoms with Gasteiger partial charge in [0, 0.05) is 10.6 Å². The van der Waals surface area contributed by atoms with Gasteiger partial charge in [0.1, 0.15) is 0 Å². The van der Waals surface area contributed by atoms with Gasteiger partial charge in [-0.05, 0) is 11.6 Å². The van der Waals surface area contributed by atoms with Gasteiger partial charge in [-0.1, -0.05) is 60.1 Å². The molecule has 4 nitrogen and oxygen atoms in total. The maximum Gasteiger partial charge on any atom is 0.416 e. The van der Waals surface area contributed by atoms with E-state index in [0.29, 0.717) is 5.02 Å². The highest BCUT2D eigenvalue weighted by Gasteiger charge is 2.38. The van der Waals surface area contributed by atoms with Crippen LogP contribution in [0.15, 0.2) is 54.6 Å².